The third-order valence-corrected chi connectivity index (χ3v) is 2.92. The largest absolute Gasteiger partial charge is 0.496 e. The molecule has 0 aliphatic heterocycles. The highest BCUT2D eigenvalue weighted by molar-refractivity contribution is 5.96. The van der Waals surface area contributed by atoms with Gasteiger partial charge in [-0.15, -0.1) is 0 Å². The zero-order chi connectivity index (χ0) is 14.8. The van der Waals surface area contributed by atoms with E-state index in [0.29, 0.717) is 24.3 Å². The normalized spacial score (nSPS) is 9.90. The Kier molecular flexibility index (Phi) is 7.17. The number of carbonyl (C=O) groups is 2. The topological polar surface area (TPSA) is 64.6 Å². The van der Waals surface area contributed by atoms with E-state index in [2.05, 4.69) is 10.1 Å². The number of rotatable bonds is 8. The number of para-hydroxylation sites is 1. The maximum Gasteiger partial charge on any atom is 0.305 e. The fourth-order valence-electron chi connectivity index (χ4n) is 1.80. The van der Waals surface area contributed by atoms with Gasteiger partial charge in [-0.2, -0.15) is 0 Å². The van der Waals surface area contributed by atoms with Crippen LogP contribution in [0.25, 0.3) is 0 Å². The van der Waals surface area contributed by atoms with Crippen LogP contribution in [0.15, 0.2) is 24.3 Å². The monoisotopic (exact) mass is 279 g/mol. The van der Waals surface area contributed by atoms with Crippen LogP contribution in [0.3, 0.4) is 0 Å². The van der Waals surface area contributed by atoms with Crippen molar-refractivity contribution in [2.45, 2.75) is 25.7 Å². The number of methoxy groups -OCH3 is 2. The Morgan fingerprint density at radius 1 is 1.10 bits per heavy atom. The Hall–Kier alpha value is -2.04. The molecule has 0 radical (unpaired) electrons. The Labute approximate surface area is 119 Å². The van der Waals surface area contributed by atoms with Crippen molar-refractivity contribution in [3.63, 3.8) is 0 Å². The molecular weight excluding hydrogens is 258 g/mol. The lowest BCUT2D eigenvalue weighted by atomic mass is 10.1. The molecule has 0 spiro atoms. The van der Waals surface area contributed by atoms with Gasteiger partial charge in [-0.25, -0.2) is 0 Å². The van der Waals surface area contributed by atoms with E-state index in [0.717, 1.165) is 19.3 Å². The number of nitrogens with one attached hydrogen (secondary N) is 1. The van der Waals surface area contributed by atoms with Crippen molar-refractivity contribution >= 4 is 11.9 Å². The second-order valence-corrected chi connectivity index (χ2v) is 4.34. The second-order valence-electron chi connectivity index (χ2n) is 4.34. The number of amides is 1. The highest BCUT2D eigenvalue weighted by atomic mass is 16.5. The van der Waals surface area contributed by atoms with Gasteiger partial charge in [0.25, 0.3) is 5.91 Å². The number of hydrogen-bond donors (Lipinski definition) is 1. The van der Waals surface area contributed by atoms with Gasteiger partial charge in [0.1, 0.15) is 5.75 Å². The average molecular weight is 279 g/mol. The molecule has 5 nitrogen and oxygen atoms in total. The van der Waals surface area contributed by atoms with Crippen LogP contribution in [0.5, 0.6) is 5.75 Å². The molecule has 1 N–H and O–H groups in total. The van der Waals surface area contributed by atoms with Crippen LogP contribution in [0.1, 0.15) is 36.0 Å². The lowest BCUT2D eigenvalue weighted by Gasteiger charge is -2.08. The van der Waals surface area contributed by atoms with E-state index in [-0.39, 0.29) is 11.9 Å². The van der Waals surface area contributed by atoms with Crippen LogP contribution >= 0.6 is 0 Å². The maximum atomic E-state index is 11.9. The summed E-state index contributed by atoms with van der Waals surface area (Å²) in [5.41, 5.74) is 0.532. The molecule has 0 saturated heterocycles. The third kappa shape index (κ3) is 5.30. The van der Waals surface area contributed by atoms with Crippen LogP contribution in [0, 0.1) is 0 Å². The lowest BCUT2D eigenvalue weighted by molar-refractivity contribution is -0.140. The molecular formula is C15H21NO4. The molecule has 1 aromatic carbocycles. The van der Waals surface area contributed by atoms with Crippen LogP contribution in [-0.2, 0) is 9.53 Å². The van der Waals surface area contributed by atoms with Crippen molar-refractivity contribution < 1.29 is 19.1 Å². The summed E-state index contributed by atoms with van der Waals surface area (Å²) in [6.07, 6.45) is 2.91. The highest BCUT2D eigenvalue weighted by Crippen LogP contribution is 2.16. The first kappa shape index (κ1) is 16.0. The molecule has 1 rings (SSSR count). The smallest absolute Gasteiger partial charge is 0.305 e. The molecule has 1 amide bonds. The van der Waals surface area contributed by atoms with E-state index in [1.165, 1.54) is 7.11 Å². The Morgan fingerprint density at radius 2 is 1.85 bits per heavy atom. The van der Waals surface area contributed by atoms with E-state index in [1.54, 1.807) is 25.3 Å². The minimum Gasteiger partial charge on any atom is -0.496 e. The molecule has 5 heteroatoms. The molecule has 0 heterocycles. The molecule has 0 fully saturated rings. The minimum atomic E-state index is -0.192. The molecule has 20 heavy (non-hydrogen) atoms. The first-order chi connectivity index (χ1) is 9.69. The molecule has 0 unspecified atom stereocenters. The zero-order valence-corrected chi connectivity index (χ0v) is 12.0. The van der Waals surface area contributed by atoms with E-state index in [4.69, 9.17) is 4.74 Å². The maximum absolute atomic E-state index is 11.9. The van der Waals surface area contributed by atoms with Gasteiger partial charge in [0.05, 0.1) is 19.8 Å². The van der Waals surface area contributed by atoms with Crippen molar-refractivity contribution in [1.82, 2.24) is 5.32 Å². The van der Waals surface area contributed by atoms with Crippen LogP contribution < -0.4 is 10.1 Å². The first-order valence-electron chi connectivity index (χ1n) is 6.67. The van der Waals surface area contributed by atoms with Crippen molar-refractivity contribution in [3.05, 3.63) is 29.8 Å². The quantitative estimate of drug-likeness (QED) is 0.585. The van der Waals surface area contributed by atoms with Crippen molar-refractivity contribution in [2.24, 2.45) is 0 Å². The lowest BCUT2D eigenvalue weighted by Crippen LogP contribution is -2.24. The van der Waals surface area contributed by atoms with Crippen LogP contribution in [0.4, 0.5) is 0 Å². The Balaban J connectivity index is 2.25. The fourth-order valence-corrected chi connectivity index (χ4v) is 1.80. The van der Waals surface area contributed by atoms with E-state index >= 15 is 0 Å². The number of unbranched alkanes of at least 4 members (excludes halogenated alkanes) is 2. The van der Waals surface area contributed by atoms with Gasteiger partial charge in [0.2, 0.25) is 0 Å². The van der Waals surface area contributed by atoms with E-state index in [1.807, 2.05) is 6.07 Å². The van der Waals surface area contributed by atoms with Crippen LogP contribution in [-0.4, -0.2) is 32.6 Å². The van der Waals surface area contributed by atoms with Crippen molar-refractivity contribution in [2.75, 3.05) is 20.8 Å². The number of carbonyl (C=O) groups excluding carboxylic acids is 2. The van der Waals surface area contributed by atoms with Gasteiger partial charge in [-0.05, 0) is 25.0 Å². The standard InChI is InChI=1S/C15H21NO4/c1-19-13-9-6-5-8-12(13)15(18)16-11-7-3-4-10-14(17)20-2/h5-6,8-9H,3-4,7,10-11H2,1-2H3,(H,16,18). The van der Waals surface area contributed by atoms with Crippen LogP contribution in [0.2, 0.25) is 0 Å². The zero-order valence-electron chi connectivity index (χ0n) is 12.0. The van der Waals surface area contributed by atoms with E-state index < -0.39 is 0 Å². The number of benzene rings is 1. The van der Waals surface area contributed by atoms with Crippen molar-refractivity contribution in [3.8, 4) is 5.75 Å². The van der Waals surface area contributed by atoms with Gasteiger partial charge < -0.3 is 14.8 Å². The third-order valence-electron chi connectivity index (χ3n) is 2.92. The molecule has 0 saturated carbocycles. The predicted molar refractivity (Wildman–Crippen MR) is 75.8 cm³/mol. The molecule has 0 aliphatic rings. The summed E-state index contributed by atoms with van der Waals surface area (Å²) in [4.78, 5) is 22.8. The van der Waals surface area contributed by atoms with Crippen molar-refractivity contribution in [1.29, 1.82) is 0 Å². The van der Waals surface area contributed by atoms with Gasteiger partial charge >= 0.3 is 5.97 Å². The molecule has 0 atom stereocenters. The van der Waals surface area contributed by atoms with Gasteiger partial charge in [-0.1, -0.05) is 18.6 Å². The Bertz CT molecular complexity index is 445. The molecule has 0 aromatic heterocycles. The molecule has 0 aliphatic carbocycles. The SMILES string of the molecule is COC(=O)CCCCCNC(=O)c1ccccc1OC. The Morgan fingerprint density at radius 3 is 2.55 bits per heavy atom. The van der Waals surface area contributed by atoms with E-state index in [9.17, 15) is 9.59 Å². The summed E-state index contributed by atoms with van der Waals surface area (Å²) >= 11 is 0. The predicted octanol–water partition coefficient (Wildman–Crippen LogP) is 2.16. The number of hydrogen-bond acceptors (Lipinski definition) is 4. The first-order valence-corrected chi connectivity index (χ1v) is 6.67. The second kappa shape index (κ2) is 8.96. The number of esters is 1. The van der Waals surface area contributed by atoms with Gasteiger partial charge in [0, 0.05) is 13.0 Å². The molecule has 1 aromatic rings. The summed E-state index contributed by atoms with van der Waals surface area (Å²) in [6, 6.07) is 7.10. The summed E-state index contributed by atoms with van der Waals surface area (Å²) in [7, 11) is 2.93. The highest BCUT2D eigenvalue weighted by Gasteiger charge is 2.10. The number of ether oxygens (including phenoxy) is 2. The summed E-state index contributed by atoms with van der Waals surface area (Å²) < 4.78 is 9.69. The average Bonchev–Trinajstić information content (AvgIpc) is 2.49. The van der Waals surface area contributed by atoms with Gasteiger partial charge in [-0.3, -0.25) is 9.59 Å². The summed E-state index contributed by atoms with van der Waals surface area (Å²) in [5, 5.41) is 2.84. The summed E-state index contributed by atoms with van der Waals surface area (Å²) in [5.74, 6) is 0.231. The van der Waals surface area contributed by atoms with Gasteiger partial charge in [0.15, 0.2) is 0 Å². The summed E-state index contributed by atoms with van der Waals surface area (Å²) in [6.45, 7) is 0.581. The fraction of sp³-hybridized carbons (Fsp3) is 0.467. The minimum absolute atomic E-state index is 0.143. The molecule has 0 bridgehead atoms. The molecule has 110 valence electrons.